The number of rotatable bonds is 3. The van der Waals surface area contributed by atoms with Crippen LogP contribution < -0.4 is 10.2 Å². The van der Waals surface area contributed by atoms with Crippen LogP contribution >= 0.6 is 0 Å². The van der Waals surface area contributed by atoms with Gasteiger partial charge in [-0.25, -0.2) is 13.6 Å². The molecule has 0 aromatic heterocycles. The molecule has 0 aliphatic carbocycles. The number of hydrogen-bond acceptors (Lipinski definition) is 3. The van der Waals surface area contributed by atoms with Crippen LogP contribution in [0.3, 0.4) is 0 Å². The Bertz CT molecular complexity index is 1220. The Morgan fingerprint density at radius 2 is 1.67 bits per heavy atom. The molecular formula is C25H21F2N3O3. The van der Waals surface area contributed by atoms with Crippen LogP contribution in [0, 0.1) is 11.6 Å². The van der Waals surface area contributed by atoms with E-state index >= 15 is 0 Å². The summed E-state index contributed by atoms with van der Waals surface area (Å²) in [6, 6.07) is 17.1. The van der Waals surface area contributed by atoms with Crippen molar-refractivity contribution in [3.63, 3.8) is 0 Å². The molecule has 8 heteroatoms. The summed E-state index contributed by atoms with van der Waals surface area (Å²) in [6.45, 7) is -0.108. The predicted molar refractivity (Wildman–Crippen MR) is 119 cm³/mol. The molecule has 168 valence electrons. The fraction of sp³-hybridized carbons (Fsp3) is 0.200. The van der Waals surface area contributed by atoms with Crippen molar-refractivity contribution < 1.29 is 23.5 Å². The Balaban J connectivity index is 1.47. The maximum absolute atomic E-state index is 14.3. The van der Waals surface area contributed by atoms with Crippen LogP contribution in [0.25, 0.3) is 0 Å². The van der Waals surface area contributed by atoms with Crippen LogP contribution in [0.2, 0.25) is 0 Å². The third-order valence-corrected chi connectivity index (χ3v) is 6.37. The average Bonchev–Trinajstić information content (AvgIpc) is 2.81. The van der Waals surface area contributed by atoms with Gasteiger partial charge in [0.05, 0.1) is 24.3 Å². The molecule has 3 aromatic rings. The first-order chi connectivity index (χ1) is 16.0. The lowest BCUT2D eigenvalue weighted by atomic mass is 9.71. The number of benzene rings is 3. The predicted octanol–water partition coefficient (Wildman–Crippen LogP) is 3.99. The number of para-hydroxylation sites is 1. The van der Waals surface area contributed by atoms with Gasteiger partial charge in [-0.05, 0) is 48.0 Å². The molecule has 3 atom stereocenters. The molecule has 3 aromatic carbocycles. The van der Waals surface area contributed by atoms with Crippen molar-refractivity contribution in [2.75, 3.05) is 23.4 Å². The standard InChI is InChI=1S/C25H21F2N3O3/c26-15-9-11-16(12-10-15)28-25(33)29-13-21-23(18-6-2-4-8-20(18)29)22(14-31)30(21)24(32)17-5-1-3-7-19(17)27/h1-12,21-23,31H,13-14H2,(H,28,33)/t21-,22-,23+/m1/s1. The molecule has 2 aliphatic heterocycles. The van der Waals surface area contributed by atoms with Gasteiger partial charge in [0.1, 0.15) is 11.6 Å². The van der Waals surface area contributed by atoms with E-state index in [-0.39, 0.29) is 24.6 Å². The molecule has 2 heterocycles. The van der Waals surface area contributed by atoms with E-state index in [2.05, 4.69) is 5.32 Å². The van der Waals surface area contributed by atoms with Crippen molar-refractivity contribution in [3.05, 3.63) is 95.6 Å². The maximum atomic E-state index is 14.3. The van der Waals surface area contributed by atoms with E-state index < -0.39 is 35.7 Å². The largest absolute Gasteiger partial charge is 0.394 e. The van der Waals surface area contributed by atoms with E-state index in [0.29, 0.717) is 11.4 Å². The molecule has 0 radical (unpaired) electrons. The van der Waals surface area contributed by atoms with E-state index in [4.69, 9.17) is 0 Å². The molecule has 33 heavy (non-hydrogen) atoms. The van der Waals surface area contributed by atoms with Crippen molar-refractivity contribution in [3.8, 4) is 0 Å². The molecule has 3 amide bonds. The van der Waals surface area contributed by atoms with Crippen molar-refractivity contribution in [1.82, 2.24) is 4.90 Å². The number of amides is 3. The number of anilines is 2. The van der Waals surface area contributed by atoms with E-state index in [1.165, 1.54) is 52.3 Å². The summed E-state index contributed by atoms with van der Waals surface area (Å²) in [4.78, 5) is 29.3. The summed E-state index contributed by atoms with van der Waals surface area (Å²) in [5.74, 6) is -1.75. The van der Waals surface area contributed by atoms with Crippen LogP contribution in [-0.2, 0) is 0 Å². The lowest BCUT2D eigenvalue weighted by Crippen LogP contribution is -2.71. The van der Waals surface area contributed by atoms with Gasteiger partial charge >= 0.3 is 6.03 Å². The van der Waals surface area contributed by atoms with Crippen LogP contribution in [0.5, 0.6) is 0 Å². The number of nitrogens with zero attached hydrogens (tertiary/aromatic N) is 2. The number of aliphatic hydroxyl groups is 1. The fourth-order valence-corrected chi connectivity index (χ4v) is 4.86. The fourth-order valence-electron chi connectivity index (χ4n) is 4.86. The van der Waals surface area contributed by atoms with Gasteiger partial charge < -0.3 is 15.3 Å². The Hall–Kier alpha value is -3.78. The SMILES string of the molecule is O=C(Nc1ccc(F)cc1)N1C[C@@H]2[C@H](c3ccccc31)[C@@H](CO)N2C(=O)c1ccccc1F. The van der Waals surface area contributed by atoms with Crippen molar-refractivity contribution in [2.45, 2.75) is 18.0 Å². The van der Waals surface area contributed by atoms with Gasteiger partial charge in [-0.15, -0.1) is 0 Å². The summed E-state index contributed by atoms with van der Waals surface area (Å²) >= 11 is 0. The van der Waals surface area contributed by atoms with Crippen LogP contribution in [0.15, 0.2) is 72.8 Å². The highest BCUT2D eigenvalue weighted by atomic mass is 19.1. The van der Waals surface area contributed by atoms with Gasteiger partial charge in [-0.2, -0.15) is 0 Å². The molecule has 0 spiro atoms. The molecular weight excluding hydrogens is 428 g/mol. The molecule has 0 unspecified atom stereocenters. The van der Waals surface area contributed by atoms with Gasteiger partial charge in [0.2, 0.25) is 0 Å². The minimum atomic E-state index is -0.634. The number of fused-ring (bicyclic) bond motifs is 3. The lowest BCUT2D eigenvalue weighted by Gasteiger charge is -2.58. The number of halogens is 2. The minimum Gasteiger partial charge on any atom is -0.394 e. The lowest BCUT2D eigenvalue weighted by molar-refractivity contribution is -0.0244. The summed E-state index contributed by atoms with van der Waals surface area (Å²) in [7, 11) is 0. The zero-order valence-electron chi connectivity index (χ0n) is 17.5. The molecule has 6 nitrogen and oxygen atoms in total. The molecule has 5 rings (SSSR count). The number of nitrogens with one attached hydrogen (secondary N) is 1. The van der Waals surface area contributed by atoms with Gasteiger partial charge in [-0.3, -0.25) is 9.69 Å². The van der Waals surface area contributed by atoms with Gasteiger partial charge in [0, 0.05) is 23.8 Å². The first-order valence-corrected chi connectivity index (χ1v) is 10.6. The maximum Gasteiger partial charge on any atom is 0.326 e. The zero-order valence-corrected chi connectivity index (χ0v) is 17.5. The number of aliphatic hydroxyl groups excluding tert-OH is 1. The number of hydrogen-bond donors (Lipinski definition) is 2. The highest BCUT2D eigenvalue weighted by Crippen LogP contribution is 2.48. The highest BCUT2D eigenvalue weighted by Gasteiger charge is 2.55. The summed E-state index contributed by atoms with van der Waals surface area (Å²) < 4.78 is 27.5. The summed E-state index contributed by atoms with van der Waals surface area (Å²) in [5, 5.41) is 12.8. The normalized spacial score (nSPS) is 21.0. The molecule has 2 N–H and O–H groups in total. The van der Waals surface area contributed by atoms with Crippen LogP contribution in [0.4, 0.5) is 25.0 Å². The number of carbonyl (C=O) groups is 2. The average molecular weight is 449 g/mol. The number of carbonyl (C=O) groups excluding carboxylic acids is 2. The molecule has 0 saturated carbocycles. The third-order valence-electron chi connectivity index (χ3n) is 6.37. The van der Waals surface area contributed by atoms with Gasteiger partial charge in [-0.1, -0.05) is 30.3 Å². The van der Waals surface area contributed by atoms with E-state index in [1.54, 1.807) is 6.07 Å². The Morgan fingerprint density at radius 3 is 2.39 bits per heavy atom. The number of urea groups is 1. The summed E-state index contributed by atoms with van der Waals surface area (Å²) in [6.07, 6.45) is 0. The Kier molecular flexibility index (Phi) is 5.30. The number of likely N-dealkylation sites (tertiary alicyclic amines) is 1. The van der Waals surface area contributed by atoms with E-state index in [9.17, 15) is 23.5 Å². The van der Waals surface area contributed by atoms with Crippen molar-refractivity contribution >= 4 is 23.3 Å². The summed E-state index contributed by atoms with van der Waals surface area (Å²) in [5.41, 5.74) is 1.87. The minimum absolute atomic E-state index is 0.0735. The molecule has 1 fully saturated rings. The van der Waals surface area contributed by atoms with Gasteiger partial charge in [0.25, 0.3) is 5.91 Å². The first kappa shape index (κ1) is 21.1. The monoisotopic (exact) mass is 449 g/mol. The second kappa shape index (κ2) is 8.29. The van der Waals surface area contributed by atoms with Crippen LogP contribution in [0.1, 0.15) is 21.8 Å². The molecule has 1 saturated heterocycles. The first-order valence-electron chi connectivity index (χ1n) is 10.6. The Labute approximate surface area is 189 Å². The van der Waals surface area contributed by atoms with Gasteiger partial charge in [0.15, 0.2) is 0 Å². The van der Waals surface area contributed by atoms with E-state index in [1.807, 2.05) is 24.3 Å². The third kappa shape index (κ3) is 3.52. The molecule has 0 bridgehead atoms. The second-order valence-electron chi connectivity index (χ2n) is 8.14. The topological polar surface area (TPSA) is 72.9 Å². The second-order valence-corrected chi connectivity index (χ2v) is 8.14. The zero-order chi connectivity index (χ0) is 23.1. The highest BCUT2D eigenvalue weighted by molar-refractivity contribution is 6.03. The Morgan fingerprint density at radius 1 is 0.970 bits per heavy atom. The van der Waals surface area contributed by atoms with Crippen molar-refractivity contribution in [1.29, 1.82) is 0 Å². The molecule has 2 aliphatic rings. The quantitative estimate of drug-likeness (QED) is 0.635. The van der Waals surface area contributed by atoms with E-state index in [0.717, 1.165) is 5.56 Å². The van der Waals surface area contributed by atoms with Crippen molar-refractivity contribution in [2.24, 2.45) is 0 Å². The smallest absolute Gasteiger partial charge is 0.326 e. The van der Waals surface area contributed by atoms with Crippen LogP contribution in [-0.4, -0.2) is 47.2 Å².